The first kappa shape index (κ1) is 10.2. The van der Waals surface area contributed by atoms with Gasteiger partial charge < -0.3 is 15.4 Å². The predicted octanol–water partition coefficient (Wildman–Crippen LogP) is 1.71. The Bertz CT molecular complexity index is 543. The van der Waals surface area contributed by atoms with Crippen LogP contribution in [0.15, 0.2) is 28.9 Å². The molecule has 0 radical (unpaired) electrons. The lowest BCUT2D eigenvalue weighted by molar-refractivity contribution is 0.104. The smallest absolute Gasteiger partial charge is 0.203 e. The topological polar surface area (TPSA) is 90.1 Å². The number of rotatable bonds is 1. The molecule has 0 saturated carbocycles. The number of aromatic hydroxyl groups is 1. The zero-order chi connectivity index (χ0) is 11.9. The predicted molar refractivity (Wildman–Crippen MR) is 56.9 cm³/mol. The van der Waals surface area contributed by atoms with E-state index in [4.69, 9.17) is 5.21 Å². The van der Waals surface area contributed by atoms with E-state index in [1.807, 2.05) is 0 Å². The Morgan fingerprint density at radius 3 is 2.56 bits per heavy atom. The average Bonchev–Trinajstić information content (AvgIpc) is 2.52. The monoisotopic (exact) mass is 219 g/mol. The van der Waals surface area contributed by atoms with Gasteiger partial charge in [0.15, 0.2) is 0 Å². The largest absolute Gasteiger partial charge is 0.507 e. The van der Waals surface area contributed by atoms with Gasteiger partial charge in [0.05, 0.1) is 16.8 Å². The number of aliphatic hydroxyl groups excluding tert-OH is 1. The van der Waals surface area contributed by atoms with Crippen molar-refractivity contribution in [3.8, 4) is 5.75 Å². The van der Waals surface area contributed by atoms with Crippen LogP contribution in [-0.4, -0.2) is 26.9 Å². The quantitative estimate of drug-likeness (QED) is 0.381. The van der Waals surface area contributed by atoms with Crippen molar-refractivity contribution in [1.82, 2.24) is 0 Å². The number of allylic oxidation sites excluding steroid dienone is 1. The zero-order valence-corrected chi connectivity index (χ0v) is 8.43. The molecule has 2 rings (SSSR count). The Labute approximate surface area is 91.0 Å². The number of phenolic OH excluding ortho intramolecular Hbond substituents is 1. The van der Waals surface area contributed by atoms with E-state index in [2.05, 4.69) is 5.16 Å². The van der Waals surface area contributed by atoms with E-state index in [1.165, 1.54) is 25.1 Å². The molecule has 0 atom stereocenters. The average molecular weight is 219 g/mol. The van der Waals surface area contributed by atoms with Gasteiger partial charge in [-0.3, -0.25) is 4.79 Å². The van der Waals surface area contributed by atoms with Crippen LogP contribution >= 0.6 is 0 Å². The maximum absolute atomic E-state index is 11.9. The fourth-order valence-electron chi connectivity index (χ4n) is 1.73. The molecule has 0 aliphatic heterocycles. The Morgan fingerprint density at radius 2 is 2.00 bits per heavy atom. The second-order valence-electron chi connectivity index (χ2n) is 3.44. The van der Waals surface area contributed by atoms with Gasteiger partial charge in [0.25, 0.3) is 0 Å². The first-order valence-corrected chi connectivity index (χ1v) is 4.57. The molecule has 3 N–H and O–H groups in total. The summed E-state index contributed by atoms with van der Waals surface area (Å²) in [5.74, 6) is -1.01. The van der Waals surface area contributed by atoms with Crippen LogP contribution in [0.25, 0.3) is 5.76 Å². The van der Waals surface area contributed by atoms with E-state index in [-0.39, 0.29) is 33.9 Å². The molecule has 82 valence electrons. The lowest BCUT2D eigenvalue weighted by atomic mass is 10.1. The minimum absolute atomic E-state index is 0.0121. The van der Waals surface area contributed by atoms with Gasteiger partial charge in [-0.15, -0.1) is 0 Å². The number of carbonyl (C=O) groups excluding carboxylic acids is 1. The summed E-state index contributed by atoms with van der Waals surface area (Å²) < 4.78 is 0. The van der Waals surface area contributed by atoms with Crippen molar-refractivity contribution in [2.45, 2.75) is 6.92 Å². The van der Waals surface area contributed by atoms with Gasteiger partial charge >= 0.3 is 0 Å². The van der Waals surface area contributed by atoms with Crippen LogP contribution in [0, 0.1) is 0 Å². The number of phenols is 1. The summed E-state index contributed by atoms with van der Waals surface area (Å²) in [5.41, 5.74) is 0.220. The van der Waals surface area contributed by atoms with Gasteiger partial charge in [0.2, 0.25) is 5.78 Å². The molecule has 0 fully saturated rings. The van der Waals surface area contributed by atoms with Crippen LogP contribution in [0.3, 0.4) is 0 Å². The molecule has 0 amide bonds. The normalized spacial score (nSPS) is 15.6. The molecule has 1 aliphatic rings. The molecule has 0 spiro atoms. The highest BCUT2D eigenvalue weighted by Gasteiger charge is 2.33. The molecule has 1 aromatic rings. The standard InChI is InChI=1S/C11H9NO4/c1-5(12-16)8-10(14)6-3-2-4-7(13)9(6)11(8)15/h2-4,13-14,16H,1H3. The summed E-state index contributed by atoms with van der Waals surface area (Å²) in [6, 6.07) is 4.39. The third kappa shape index (κ3) is 1.18. The van der Waals surface area contributed by atoms with E-state index in [0.717, 1.165) is 0 Å². The fourth-order valence-corrected chi connectivity index (χ4v) is 1.73. The number of aliphatic hydroxyl groups is 1. The van der Waals surface area contributed by atoms with Gasteiger partial charge in [-0.1, -0.05) is 17.3 Å². The summed E-state index contributed by atoms with van der Waals surface area (Å²) in [6.45, 7) is 1.40. The Hall–Kier alpha value is -2.30. The molecule has 5 heteroatoms. The summed E-state index contributed by atoms with van der Waals surface area (Å²) in [4.78, 5) is 11.9. The number of nitrogens with zero attached hydrogens (tertiary/aromatic N) is 1. The van der Waals surface area contributed by atoms with E-state index >= 15 is 0 Å². The molecule has 5 nitrogen and oxygen atoms in total. The Balaban J connectivity index is 2.70. The first-order valence-electron chi connectivity index (χ1n) is 4.57. The lowest BCUT2D eigenvalue weighted by Crippen LogP contribution is -2.07. The summed E-state index contributed by atoms with van der Waals surface area (Å²) in [5, 5.41) is 30.8. The van der Waals surface area contributed by atoms with Crippen molar-refractivity contribution in [3.63, 3.8) is 0 Å². The molecule has 0 aromatic heterocycles. The van der Waals surface area contributed by atoms with Crippen LogP contribution in [-0.2, 0) is 0 Å². The number of benzene rings is 1. The maximum Gasteiger partial charge on any atom is 0.203 e. The number of hydrogen-bond acceptors (Lipinski definition) is 5. The van der Waals surface area contributed by atoms with Crippen molar-refractivity contribution in [1.29, 1.82) is 0 Å². The molecule has 1 aromatic carbocycles. The minimum Gasteiger partial charge on any atom is -0.507 e. The summed E-state index contributed by atoms with van der Waals surface area (Å²) >= 11 is 0. The van der Waals surface area contributed by atoms with Gasteiger partial charge in [0.1, 0.15) is 11.5 Å². The highest BCUT2D eigenvalue weighted by Crippen LogP contribution is 2.36. The molecular formula is C11H9NO4. The van der Waals surface area contributed by atoms with E-state index < -0.39 is 5.78 Å². The summed E-state index contributed by atoms with van der Waals surface area (Å²) in [6.07, 6.45) is 0. The van der Waals surface area contributed by atoms with Crippen molar-refractivity contribution < 1.29 is 20.2 Å². The Morgan fingerprint density at radius 1 is 1.31 bits per heavy atom. The molecule has 16 heavy (non-hydrogen) atoms. The maximum atomic E-state index is 11.9. The third-order valence-electron chi connectivity index (χ3n) is 2.50. The number of oxime groups is 1. The van der Waals surface area contributed by atoms with Crippen molar-refractivity contribution in [2.24, 2.45) is 5.16 Å². The second kappa shape index (κ2) is 3.37. The van der Waals surface area contributed by atoms with E-state index in [0.29, 0.717) is 0 Å². The SMILES string of the molecule is CC(=NO)C1=C(O)c2cccc(O)c2C1=O. The third-order valence-corrected chi connectivity index (χ3v) is 2.50. The number of fused-ring (bicyclic) bond motifs is 1. The second-order valence-corrected chi connectivity index (χ2v) is 3.44. The summed E-state index contributed by atoms with van der Waals surface area (Å²) in [7, 11) is 0. The highest BCUT2D eigenvalue weighted by atomic mass is 16.4. The van der Waals surface area contributed by atoms with Gasteiger partial charge in [0, 0.05) is 5.56 Å². The van der Waals surface area contributed by atoms with Gasteiger partial charge in [-0.25, -0.2) is 0 Å². The number of ketones is 1. The van der Waals surface area contributed by atoms with Crippen LogP contribution in [0.5, 0.6) is 5.75 Å². The fraction of sp³-hybridized carbons (Fsp3) is 0.0909. The molecular weight excluding hydrogens is 210 g/mol. The van der Waals surface area contributed by atoms with Crippen LogP contribution in [0.1, 0.15) is 22.8 Å². The number of hydrogen-bond donors (Lipinski definition) is 3. The van der Waals surface area contributed by atoms with Gasteiger partial charge in [-0.05, 0) is 13.0 Å². The Kier molecular flexibility index (Phi) is 2.16. The van der Waals surface area contributed by atoms with E-state index in [1.54, 1.807) is 0 Å². The van der Waals surface area contributed by atoms with Crippen LogP contribution in [0.4, 0.5) is 0 Å². The highest BCUT2D eigenvalue weighted by molar-refractivity contribution is 6.35. The molecule has 0 heterocycles. The number of carbonyl (C=O) groups is 1. The van der Waals surface area contributed by atoms with E-state index in [9.17, 15) is 15.0 Å². The van der Waals surface area contributed by atoms with Crippen molar-refractivity contribution in [2.75, 3.05) is 0 Å². The van der Waals surface area contributed by atoms with Gasteiger partial charge in [-0.2, -0.15) is 0 Å². The zero-order valence-electron chi connectivity index (χ0n) is 8.43. The van der Waals surface area contributed by atoms with Crippen LogP contribution < -0.4 is 0 Å². The number of Topliss-reactive ketones (excluding diaryl/α,β-unsaturated/α-hetero) is 1. The van der Waals surface area contributed by atoms with Crippen molar-refractivity contribution in [3.05, 3.63) is 34.9 Å². The van der Waals surface area contributed by atoms with Crippen molar-refractivity contribution >= 4 is 17.3 Å². The molecule has 0 bridgehead atoms. The molecule has 0 saturated heterocycles. The molecule has 0 unspecified atom stereocenters. The minimum atomic E-state index is -0.541. The molecule has 1 aliphatic carbocycles. The lowest BCUT2D eigenvalue weighted by Gasteiger charge is -2.00. The van der Waals surface area contributed by atoms with Crippen LogP contribution in [0.2, 0.25) is 0 Å². The first-order chi connectivity index (χ1) is 7.57.